The van der Waals surface area contributed by atoms with Gasteiger partial charge in [-0.2, -0.15) is 0 Å². The van der Waals surface area contributed by atoms with Gasteiger partial charge in [0.1, 0.15) is 17.5 Å². The van der Waals surface area contributed by atoms with E-state index in [1.807, 2.05) is 15.4 Å². The standard InChI is InChI=1S/C25H18N8/c26-24-23-25(28-13-27-24)32(14-29-23)11-19-12-33(31-30-19)10-18-7-6-17-5-4-15-2-1-3-16-8-9-20(18)22(17)21(15)16/h1-9,12-14H,10-11H2,(H2,26,27,28). The minimum Gasteiger partial charge on any atom is -0.382 e. The summed E-state index contributed by atoms with van der Waals surface area (Å²) in [5.41, 5.74) is 9.21. The molecule has 0 saturated carbocycles. The number of hydrogen-bond donors (Lipinski definition) is 1. The predicted molar refractivity (Wildman–Crippen MR) is 128 cm³/mol. The second-order valence-corrected chi connectivity index (χ2v) is 8.29. The van der Waals surface area contributed by atoms with E-state index in [1.54, 1.807) is 6.33 Å². The fourth-order valence-corrected chi connectivity index (χ4v) is 4.79. The van der Waals surface area contributed by atoms with E-state index in [9.17, 15) is 0 Å². The smallest absolute Gasteiger partial charge is 0.165 e. The zero-order valence-electron chi connectivity index (χ0n) is 17.6. The number of nitrogen functional groups attached to an aromatic ring is 1. The van der Waals surface area contributed by atoms with Gasteiger partial charge < -0.3 is 10.3 Å². The third-order valence-corrected chi connectivity index (χ3v) is 6.30. The molecule has 158 valence electrons. The molecule has 0 aliphatic rings. The molecule has 3 heterocycles. The molecule has 7 rings (SSSR count). The number of anilines is 1. The highest BCUT2D eigenvalue weighted by atomic mass is 15.4. The molecule has 0 atom stereocenters. The van der Waals surface area contributed by atoms with Gasteiger partial charge in [0, 0.05) is 0 Å². The normalized spacial score (nSPS) is 12.0. The molecule has 3 aromatic heterocycles. The highest BCUT2D eigenvalue weighted by Gasteiger charge is 2.13. The number of aromatic nitrogens is 7. The van der Waals surface area contributed by atoms with Crippen LogP contribution in [0.3, 0.4) is 0 Å². The summed E-state index contributed by atoms with van der Waals surface area (Å²) in [5.74, 6) is 0.372. The van der Waals surface area contributed by atoms with E-state index in [-0.39, 0.29) is 0 Å². The Labute approximate surface area is 187 Å². The number of rotatable bonds is 4. The van der Waals surface area contributed by atoms with Crippen LogP contribution in [0.4, 0.5) is 5.82 Å². The summed E-state index contributed by atoms with van der Waals surface area (Å²) in [6.07, 6.45) is 5.12. The molecule has 2 N–H and O–H groups in total. The topological polar surface area (TPSA) is 100 Å². The predicted octanol–water partition coefficient (Wildman–Crippen LogP) is 3.99. The molecule has 0 aliphatic heterocycles. The average Bonchev–Trinajstić information content (AvgIpc) is 3.46. The molecule has 8 heteroatoms. The maximum atomic E-state index is 5.89. The van der Waals surface area contributed by atoms with Crippen molar-refractivity contribution < 1.29 is 0 Å². The highest BCUT2D eigenvalue weighted by molar-refractivity contribution is 6.23. The molecule has 0 bridgehead atoms. The molecular weight excluding hydrogens is 412 g/mol. The molecule has 0 radical (unpaired) electrons. The molecule has 0 fully saturated rings. The molecule has 4 aromatic carbocycles. The van der Waals surface area contributed by atoms with Crippen molar-refractivity contribution in [3.05, 3.63) is 84.7 Å². The van der Waals surface area contributed by atoms with Crippen molar-refractivity contribution in [1.82, 2.24) is 34.5 Å². The largest absolute Gasteiger partial charge is 0.382 e. The Morgan fingerprint density at radius 3 is 2.45 bits per heavy atom. The SMILES string of the molecule is Nc1ncnc2c1ncn2Cc1cn(Cc2ccc3ccc4cccc5ccc2c3c45)nn1. The zero-order valence-corrected chi connectivity index (χ0v) is 17.6. The van der Waals surface area contributed by atoms with Gasteiger partial charge in [0.15, 0.2) is 11.5 Å². The second-order valence-electron chi connectivity index (χ2n) is 8.29. The van der Waals surface area contributed by atoms with Gasteiger partial charge in [0.05, 0.1) is 25.6 Å². The Morgan fingerprint density at radius 2 is 1.58 bits per heavy atom. The van der Waals surface area contributed by atoms with Gasteiger partial charge in [0.25, 0.3) is 0 Å². The second kappa shape index (κ2) is 6.70. The minimum atomic E-state index is 0.372. The van der Waals surface area contributed by atoms with E-state index in [2.05, 4.69) is 79.9 Å². The zero-order chi connectivity index (χ0) is 21.9. The summed E-state index contributed by atoms with van der Waals surface area (Å²) in [6, 6.07) is 19.7. The molecule has 7 aromatic rings. The van der Waals surface area contributed by atoms with E-state index in [0.29, 0.717) is 30.1 Å². The van der Waals surface area contributed by atoms with E-state index in [4.69, 9.17) is 5.73 Å². The van der Waals surface area contributed by atoms with Crippen LogP contribution >= 0.6 is 0 Å². The fourth-order valence-electron chi connectivity index (χ4n) is 4.79. The lowest BCUT2D eigenvalue weighted by atomic mass is 9.92. The summed E-state index contributed by atoms with van der Waals surface area (Å²) in [5, 5.41) is 16.4. The Balaban J connectivity index is 1.25. The highest BCUT2D eigenvalue weighted by Crippen LogP contribution is 2.36. The Bertz CT molecular complexity index is 1780. The first-order valence-corrected chi connectivity index (χ1v) is 10.7. The summed E-state index contributed by atoms with van der Waals surface area (Å²) >= 11 is 0. The van der Waals surface area contributed by atoms with Crippen molar-refractivity contribution in [3.63, 3.8) is 0 Å². The maximum Gasteiger partial charge on any atom is 0.165 e. The number of nitrogens with zero attached hydrogens (tertiary/aromatic N) is 7. The average molecular weight is 430 g/mol. The van der Waals surface area contributed by atoms with Crippen LogP contribution in [0.2, 0.25) is 0 Å². The van der Waals surface area contributed by atoms with Gasteiger partial charge in [-0.05, 0) is 37.9 Å². The van der Waals surface area contributed by atoms with Crippen molar-refractivity contribution in [3.8, 4) is 0 Å². The molecule has 0 amide bonds. The van der Waals surface area contributed by atoms with Crippen LogP contribution in [0.15, 0.2) is 73.4 Å². The van der Waals surface area contributed by atoms with Crippen molar-refractivity contribution in [2.24, 2.45) is 0 Å². The van der Waals surface area contributed by atoms with E-state index in [1.165, 1.54) is 44.2 Å². The van der Waals surface area contributed by atoms with Crippen LogP contribution in [-0.2, 0) is 13.1 Å². The third kappa shape index (κ3) is 2.74. The Kier molecular flexibility index (Phi) is 3.66. The number of nitrogens with two attached hydrogens (primary N) is 1. The summed E-state index contributed by atoms with van der Waals surface area (Å²) < 4.78 is 3.78. The minimum absolute atomic E-state index is 0.372. The van der Waals surface area contributed by atoms with E-state index in [0.717, 1.165) is 5.69 Å². The fraction of sp³-hybridized carbons (Fsp3) is 0.0800. The third-order valence-electron chi connectivity index (χ3n) is 6.30. The number of benzene rings is 4. The van der Waals surface area contributed by atoms with Gasteiger partial charge in [-0.3, -0.25) is 0 Å². The Morgan fingerprint density at radius 1 is 0.788 bits per heavy atom. The lowest BCUT2D eigenvalue weighted by Crippen LogP contribution is -2.02. The van der Waals surface area contributed by atoms with Crippen LogP contribution in [0.1, 0.15) is 11.3 Å². The van der Waals surface area contributed by atoms with Crippen molar-refractivity contribution >= 4 is 49.3 Å². The van der Waals surface area contributed by atoms with Crippen LogP contribution in [0.25, 0.3) is 43.5 Å². The molecule has 0 aliphatic carbocycles. The summed E-state index contributed by atoms with van der Waals surface area (Å²) in [7, 11) is 0. The van der Waals surface area contributed by atoms with Gasteiger partial charge in [-0.25, -0.2) is 19.6 Å². The molecule has 0 saturated heterocycles. The first-order chi connectivity index (χ1) is 16.2. The maximum absolute atomic E-state index is 5.89. The molecule has 33 heavy (non-hydrogen) atoms. The quantitative estimate of drug-likeness (QED) is 0.424. The lowest BCUT2D eigenvalue weighted by molar-refractivity contribution is 0.651. The lowest BCUT2D eigenvalue weighted by Gasteiger charge is -2.13. The molecule has 0 unspecified atom stereocenters. The molecule has 0 spiro atoms. The Hall–Kier alpha value is -4.59. The number of fused-ring (bicyclic) bond motifs is 1. The van der Waals surface area contributed by atoms with Crippen molar-refractivity contribution in [2.75, 3.05) is 5.73 Å². The van der Waals surface area contributed by atoms with Crippen LogP contribution in [0, 0.1) is 0 Å². The van der Waals surface area contributed by atoms with Gasteiger partial charge in [0.2, 0.25) is 0 Å². The first kappa shape index (κ1) is 18.0. The van der Waals surface area contributed by atoms with Crippen LogP contribution in [-0.4, -0.2) is 34.5 Å². The van der Waals surface area contributed by atoms with E-state index >= 15 is 0 Å². The van der Waals surface area contributed by atoms with Crippen molar-refractivity contribution in [2.45, 2.75) is 13.1 Å². The van der Waals surface area contributed by atoms with Crippen LogP contribution in [0.5, 0.6) is 0 Å². The first-order valence-electron chi connectivity index (χ1n) is 10.7. The number of hydrogen-bond acceptors (Lipinski definition) is 6. The molecular formula is C25H18N8. The summed E-state index contributed by atoms with van der Waals surface area (Å²) in [6.45, 7) is 1.15. The monoisotopic (exact) mass is 430 g/mol. The van der Waals surface area contributed by atoms with Gasteiger partial charge >= 0.3 is 0 Å². The molecule has 8 nitrogen and oxygen atoms in total. The van der Waals surface area contributed by atoms with Gasteiger partial charge in [-0.1, -0.05) is 59.8 Å². The van der Waals surface area contributed by atoms with Crippen LogP contribution < -0.4 is 5.73 Å². The summed E-state index contributed by atoms with van der Waals surface area (Å²) in [4.78, 5) is 12.6. The number of imidazole rings is 1. The van der Waals surface area contributed by atoms with E-state index < -0.39 is 0 Å². The van der Waals surface area contributed by atoms with Gasteiger partial charge in [-0.15, -0.1) is 5.10 Å². The van der Waals surface area contributed by atoms with Crippen molar-refractivity contribution in [1.29, 1.82) is 0 Å².